The number of fused-ring (bicyclic) bond motifs is 15. The highest BCUT2D eigenvalue weighted by Gasteiger charge is 2.31. The summed E-state index contributed by atoms with van der Waals surface area (Å²) in [5.41, 5.74) is 17.7. The summed E-state index contributed by atoms with van der Waals surface area (Å²) < 4.78 is 11.9. The van der Waals surface area contributed by atoms with E-state index in [1.54, 1.807) is 0 Å². The van der Waals surface area contributed by atoms with Crippen molar-refractivity contribution in [3.05, 3.63) is 174 Å². The van der Waals surface area contributed by atoms with Crippen LogP contribution in [0.3, 0.4) is 0 Å². The number of hydrogen-bond acceptors (Lipinski definition) is 2. The first kappa shape index (κ1) is 39.1. The Kier molecular flexibility index (Phi) is 7.80. The van der Waals surface area contributed by atoms with E-state index in [9.17, 15) is 0 Å². The van der Waals surface area contributed by atoms with Gasteiger partial charge in [0, 0.05) is 65.7 Å². The number of anilines is 3. The number of rotatable bonds is 4. The van der Waals surface area contributed by atoms with Crippen LogP contribution in [-0.4, -0.2) is 8.80 Å². The molecular formula is C62H53N3O. The Bertz CT molecular complexity index is 4030. The summed E-state index contributed by atoms with van der Waals surface area (Å²) >= 11 is 0. The molecule has 0 N–H and O–H groups in total. The fraction of sp³-hybridized carbons (Fsp3) is 0.194. The minimum absolute atomic E-state index is 0.0608. The molecule has 0 saturated carbocycles. The molecule has 0 aliphatic carbocycles. The summed E-state index contributed by atoms with van der Waals surface area (Å²) in [6, 6.07) is 58.8. The molecule has 0 atom stereocenters. The SMILES string of the molecule is CC(C)(C)c1cc(-c2ccc(N(c3ccccc3)c3ccccc3)cc2)c2c(c1)c1cc(C(C)(C)C)cc3c4c5c6cc(C(C)(C)C)cc7c8c9ccccc9oc8n(c5ccc4n2c13)c67. The lowest BCUT2D eigenvalue weighted by molar-refractivity contribution is 0.591. The van der Waals surface area contributed by atoms with Crippen LogP contribution in [-0.2, 0) is 16.2 Å². The lowest BCUT2D eigenvalue weighted by Crippen LogP contribution is -2.11. The Hall–Kier alpha value is -7.30. The summed E-state index contributed by atoms with van der Waals surface area (Å²) in [7, 11) is 0. The largest absolute Gasteiger partial charge is 0.439 e. The van der Waals surface area contributed by atoms with Gasteiger partial charge in [-0.25, -0.2) is 0 Å². The van der Waals surface area contributed by atoms with E-state index in [0.29, 0.717) is 0 Å². The number of furan rings is 1. The molecule has 13 aromatic rings. The Morgan fingerprint density at radius 2 is 0.818 bits per heavy atom. The molecule has 5 aromatic heterocycles. The third-order valence-electron chi connectivity index (χ3n) is 14.6. The minimum Gasteiger partial charge on any atom is -0.439 e. The molecular weight excluding hydrogens is 803 g/mol. The number of benzene rings is 8. The molecule has 0 amide bonds. The zero-order valence-electron chi connectivity index (χ0n) is 39.3. The maximum absolute atomic E-state index is 6.85. The van der Waals surface area contributed by atoms with Gasteiger partial charge in [-0.1, -0.05) is 129 Å². The third-order valence-corrected chi connectivity index (χ3v) is 14.6. The third kappa shape index (κ3) is 5.39. The van der Waals surface area contributed by atoms with Gasteiger partial charge >= 0.3 is 0 Å². The molecule has 0 unspecified atom stereocenters. The Balaban J connectivity index is 1.16. The van der Waals surface area contributed by atoms with Gasteiger partial charge in [0.25, 0.3) is 0 Å². The van der Waals surface area contributed by atoms with Crippen LogP contribution < -0.4 is 4.90 Å². The topological polar surface area (TPSA) is 25.2 Å². The van der Waals surface area contributed by atoms with Crippen molar-refractivity contribution in [2.24, 2.45) is 0 Å². The van der Waals surface area contributed by atoms with Gasteiger partial charge in [0.05, 0.1) is 33.0 Å². The molecule has 0 saturated heterocycles. The number of hydrogen-bond donors (Lipinski definition) is 0. The van der Waals surface area contributed by atoms with E-state index in [2.05, 4.69) is 234 Å². The van der Waals surface area contributed by atoms with Crippen molar-refractivity contribution in [2.45, 2.75) is 78.6 Å². The highest BCUT2D eigenvalue weighted by molar-refractivity contribution is 6.37. The van der Waals surface area contributed by atoms with Crippen LogP contribution in [0.5, 0.6) is 0 Å². The van der Waals surface area contributed by atoms with E-state index in [1.165, 1.54) is 104 Å². The van der Waals surface area contributed by atoms with Crippen LogP contribution >= 0.6 is 0 Å². The van der Waals surface area contributed by atoms with Crippen LogP contribution in [0.2, 0.25) is 0 Å². The van der Waals surface area contributed by atoms with Gasteiger partial charge in [-0.2, -0.15) is 0 Å². The highest BCUT2D eigenvalue weighted by Crippen LogP contribution is 2.52. The van der Waals surface area contributed by atoms with E-state index < -0.39 is 0 Å². The second kappa shape index (κ2) is 13.2. The number of nitrogens with zero attached hydrogens (tertiary/aromatic N) is 3. The van der Waals surface area contributed by atoms with Crippen LogP contribution in [0.1, 0.15) is 79.0 Å². The molecule has 0 spiro atoms. The van der Waals surface area contributed by atoms with Gasteiger partial charge in [-0.15, -0.1) is 0 Å². The van der Waals surface area contributed by atoms with Gasteiger partial charge in [0.1, 0.15) is 5.58 Å². The molecule has 8 aromatic carbocycles. The summed E-state index contributed by atoms with van der Waals surface area (Å²) in [5.74, 6) is 0. The summed E-state index contributed by atoms with van der Waals surface area (Å²) in [6.07, 6.45) is 0. The van der Waals surface area contributed by atoms with E-state index in [0.717, 1.165) is 28.4 Å². The van der Waals surface area contributed by atoms with Crippen LogP contribution in [0, 0.1) is 0 Å². The van der Waals surface area contributed by atoms with Crippen molar-refractivity contribution in [1.82, 2.24) is 8.80 Å². The highest BCUT2D eigenvalue weighted by atomic mass is 16.3. The second-order valence-corrected chi connectivity index (χ2v) is 21.9. The molecule has 0 aliphatic rings. The zero-order valence-corrected chi connectivity index (χ0v) is 39.3. The van der Waals surface area contributed by atoms with Gasteiger partial charge in [-0.3, -0.25) is 4.40 Å². The summed E-state index contributed by atoms with van der Waals surface area (Å²) in [5, 5.41) is 11.4. The van der Waals surface area contributed by atoms with Crippen molar-refractivity contribution in [2.75, 3.05) is 4.90 Å². The predicted octanol–water partition coefficient (Wildman–Crippen LogP) is 17.8. The first-order chi connectivity index (χ1) is 31.6. The van der Waals surface area contributed by atoms with Gasteiger partial charge in [0.15, 0.2) is 0 Å². The molecule has 0 fully saturated rings. The van der Waals surface area contributed by atoms with E-state index in [1.807, 2.05) is 0 Å². The van der Waals surface area contributed by atoms with Crippen LogP contribution in [0.4, 0.5) is 17.1 Å². The van der Waals surface area contributed by atoms with Crippen LogP contribution in [0.15, 0.2) is 162 Å². The van der Waals surface area contributed by atoms with Crippen molar-refractivity contribution in [1.29, 1.82) is 0 Å². The van der Waals surface area contributed by atoms with Crippen molar-refractivity contribution < 1.29 is 4.42 Å². The normalized spacial score (nSPS) is 13.2. The zero-order chi connectivity index (χ0) is 45.2. The van der Waals surface area contributed by atoms with Gasteiger partial charge in [-0.05, 0) is 129 Å². The number of para-hydroxylation sites is 3. The van der Waals surface area contributed by atoms with Gasteiger partial charge in [0.2, 0.25) is 5.71 Å². The monoisotopic (exact) mass is 855 g/mol. The van der Waals surface area contributed by atoms with E-state index in [4.69, 9.17) is 4.42 Å². The fourth-order valence-electron chi connectivity index (χ4n) is 11.2. The van der Waals surface area contributed by atoms with Crippen LogP contribution in [0.25, 0.3) is 98.5 Å². The standard InChI is InChI=1S/C62H53N3O/c1-60(2,3)37-30-44(36-24-26-42(27-25-36)63(40-18-12-10-13-19-40)41-20-14-11-15-21-41)56-45(31-37)46-32-38(61(4,5)6)34-48-54-50(64(56)57(46)48)28-29-51-55(54)49-35-39(62(7,8)9)33-47-53-43-22-16-17-23-52(43)66-59(53)65(51)58(47)49/h10-35H,1-9H3. The second-order valence-electron chi connectivity index (χ2n) is 21.9. The quantitative estimate of drug-likeness (QED) is 0.176. The lowest BCUT2D eigenvalue weighted by atomic mass is 9.82. The summed E-state index contributed by atoms with van der Waals surface area (Å²) in [6.45, 7) is 21.1. The predicted molar refractivity (Wildman–Crippen MR) is 282 cm³/mol. The molecule has 0 bridgehead atoms. The maximum atomic E-state index is 6.85. The van der Waals surface area contributed by atoms with Crippen molar-refractivity contribution in [3.63, 3.8) is 0 Å². The summed E-state index contributed by atoms with van der Waals surface area (Å²) in [4.78, 5) is 2.34. The molecule has 4 heteroatoms. The first-order valence-corrected chi connectivity index (χ1v) is 23.5. The fourth-order valence-corrected chi connectivity index (χ4v) is 11.2. The molecule has 5 heterocycles. The Morgan fingerprint density at radius 3 is 1.38 bits per heavy atom. The Labute approximate surface area is 385 Å². The molecule has 0 radical (unpaired) electrons. The van der Waals surface area contributed by atoms with Crippen molar-refractivity contribution in [3.8, 4) is 11.1 Å². The van der Waals surface area contributed by atoms with Gasteiger partial charge < -0.3 is 13.7 Å². The first-order valence-electron chi connectivity index (χ1n) is 23.5. The van der Waals surface area contributed by atoms with E-state index in [-0.39, 0.29) is 16.2 Å². The van der Waals surface area contributed by atoms with E-state index >= 15 is 0 Å². The lowest BCUT2D eigenvalue weighted by Gasteiger charge is -2.26. The molecule has 66 heavy (non-hydrogen) atoms. The molecule has 4 nitrogen and oxygen atoms in total. The Morgan fingerprint density at radius 1 is 0.379 bits per heavy atom. The maximum Gasteiger partial charge on any atom is 0.213 e. The molecule has 322 valence electrons. The molecule has 0 aliphatic heterocycles. The average Bonchev–Trinajstić information content (AvgIpc) is 4.09. The molecule has 13 rings (SSSR count). The minimum atomic E-state index is -0.0748. The van der Waals surface area contributed by atoms with Crippen molar-refractivity contribution >= 4 is 104 Å². The smallest absolute Gasteiger partial charge is 0.213 e. The average molecular weight is 856 g/mol. The number of aromatic nitrogens is 2.